The van der Waals surface area contributed by atoms with Crippen molar-refractivity contribution in [2.45, 2.75) is 19.9 Å². The molecule has 0 saturated carbocycles. The van der Waals surface area contributed by atoms with Crippen LogP contribution in [-0.4, -0.2) is 29.3 Å². The summed E-state index contributed by atoms with van der Waals surface area (Å²) < 4.78 is 0. The summed E-state index contributed by atoms with van der Waals surface area (Å²) >= 11 is 0. The summed E-state index contributed by atoms with van der Waals surface area (Å²) in [6, 6.07) is 5.78. The van der Waals surface area contributed by atoms with Gasteiger partial charge < -0.3 is 10.0 Å². The lowest BCUT2D eigenvalue weighted by Crippen LogP contribution is -2.34. The van der Waals surface area contributed by atoms with Gasteiger partial charge in [-0.2, -0.15) is 5.26 Å². The van der Waals surface area contributed by atoms with Crippen LogP contribution in [0.2, 0.25) is 0 Å². The fraction of sp³-hybridized carbons (Fsp3) is 0.455. The Hall–Kier alpha value is -1.60. The number of nitrogens with zero attached hydrogens (tertiary/aromatic N) is 3. The van der Waals surface area contributed by atoms with Crippen molar-refractivity contribution in [1.29, 1.82) is 5.26 Å². The monoisotopic (exact) mass is 205 g/mol. The number of anilines is 1. The average Bonchev–Trinajstić information content (AvgIpc) is 2.25. The van der Waals surface area contributed by atoms with Crippen molar-refractivity contribution >= 4 is 5.82 Å². The van der Waals surface area contributed by atoms with Crippen LogP contribution in [0.4, 0.5) is 5.82 Å². The Bertz CT molecular complexity index is 357. The lowest BCUT2D eigenvalue weighted by atomic mass is 10.2. The highest BCUT2D eigenvalue weighted by atomic mass is 16.3. The van der Waals surface area contributed by atoms with Gasteiger partial charge in [0.05, 0.1) is 12.2 Å². The molecule has 0 aromatic carbocycles. The molecular weight excluding hydrogens is 190 g/mol. The van der Waals surface area contributed by atoms with Crippen LogP contribution >= 0.6 is 0 Å². The van der Waals surface area contributed by atoms with Gasteiger partial charge in [0, 0.05) is 18.8 Å². The van der Waals surface area contributed by atoms with Crippen molar-refractivity contribution in [3.05, 3.63) is 23.9 Å². The Morgan fingerprint density at radius 2 is 2.33 bits per heavy atom. The third-order valence-corrected chi connectivity index (χ3v) is 2.14. The number of nitriles is 1. The van der Waals surface area contributed by atoms with E-state index >= 15 is 0 Å². The van der Waals surface area contributed by atoms with E-state index < -0.39 is 0 Å². The van der Waals surface area contributed by atoms with Crippen LogP contribution in [0.15, 0.2) is 18.3 Å². The van der Waals surface area contributed by atoms with Gasteiger partial charge in [-0.05, 0) is 26.0 Å². The molecule has 0 aliphatic carbocycles. The average molecular weight is 205 g/mol. The van der Waals surface area contributed by atoms with E-state index in [1.165, 1.54) is 0 Å². The van der Waals surface area contributed by atoms with Gasteiger partial charge >= 0.3 is 0 Å². The van der Waals surface area contributed by atoms with E-state index in [0.717, 1.165) is 0 Å². The molecule has 4 nitrogen and oxygen atoms in total. The van der Waals surface area contributed by atoms with Crippen molar-refractivity contribution in [3.8, 4) is 6.07 Å². The van der Waals surface area contributed by atoms with Gasteiger partial charge in [-0.1, -0.05) is 0 Å². The maximum atomic E-state index is 8.96. The number of rotatable bonds is 4. The molecule has 1 heterocycles. The fourth-order valence-corrected chi connectivity index (χ4v) is 1.43. The van der Waals surface area contributed by atoms with Crippen LogP contribution in [-0.2, 0) is 0 Å². The van der Waals surface area contributed by atoms with Crippen LogP contribution in [0.5, 0.6) is 0 Å². The second kappa shape index (κ2) is 5.32. The van der Waals surface area contributed by atoms with Crippen molar-refractivity contribution in [2.24, 2.45) is 0 Å². The number of pyridine rings is 1. The normalized spacial score (nSPS) is 10.1. The third-order valence-electron chi connectivity index (χ3n) is 2.14. The summed E-state index contributed by atoms with van der Waals surface area (Å²) in [4.78, 5) is 6.10. The van der Waals surface area contributed by atoms with Crippen LogP contribution in [0.3, 0.4) is 0 Å². The largest absolute Gasteiger partial charge is 0.395 e. The van der Waals surface area contributed by atoms with Gasteiger partial charge in [0.1, 0.15) is 11.9 Å². The van der Waals surface area contributed by atoms with E-state index in [1.54, 1.807) is 18.3 Å². The SMILES string of the molecule is CC(C)N(CCO)c1ncccc1C#N. The molecule has 0 aliphatic heterocycles. The number of hydrogen-bond acceptors (Lipinski definition) is 4. The zero-order valence-electron chi connectivity index (χ0n) is 9.01. The summed E-state index contributed by atoms with van der Waals surface area (Å²) in [6.45, 7) is 4.56. The van der Waals surface area contributed by atoms with Gasteiger partial charge in [-0.15, -0.1) is 0 Å². The smallest absolute Gasteiger partial charge is 0.146 e. The van der Waals surface area contributed by atoms with Crippen molar-refractivity contribution in [2.75, 3.05) is 18.1 Å². The quantitative estimate of drug-likeness (QED) is 0.801. The third kappa shape index (κ3) is 2.67. The molecule has 4 heteroatoms. The first kappa shape index (κ1) is 11.5. The molecule has 1 aromatic rings. The van der Waals surface area contributed by atoms with Gasteiger partial charge in [0.25, 0.3) is 0 Å². The molecule has 1 rings (SSSR count). The first-order chi connectivity index (χ1) is 7.20. The summed E-state index contributed by atoms with van der Waals surface area (Å²) in [7, 11) is 0. The van der Waals surface area contributed by atoms with Crippen LogP contribution in [0.25, 0.3) is 0 Å². The summed E-state index contributed by atoms with van der Waals surface area (Å²) in [5.74, 6) is 0.643. The number of aromatic nitrogens is 1. The van der Waals surface area contributed by atoms with Gasteiger partial charge in [-0.25, -0.2) is 4.98 Å². The molecule has 0 saturated heterocycles. The number of hydrogen-bond donors (Lipinski definition) is 1. The van der Waals surface area contributed by atoms with E-state index in [-0.39, 0.29) is 12.6 Å². The Balaban J connectivity index is 3.05. The van der Waals surface area contributed by atoms with Crippen LogP contribution in [0, 0.1) is 11.3 Å². The van der Waals surface area contributed by atoms with Crippen molar-refractivity contribution in [1.82, 2.24) is 4.98 Å². The van der Waals surface area contributed by atoms with Crippen molar-refractivity contribution in [3.63, 3.8) is 0 Å². The molecule has 1 N–H and O–H groups in total. The Morgan fingerprint density at radius 3 is 2.87 bits per heavy atom. The second-order valence-electron chi connectivity index (χ2n) is 3.50. The first-order valence-corrected chi connectivity index (χ1v) is 4.93. The molecule has 0 radical (unpaired) electrons. The van der Waals surface area contributed by atoms with Crippen molar-refractivity contribution < 1.29 is 5.11 Å². The van der Waals surface area contributed by atoms with E-state index in [2.05, 4.69) is 11.1 Å². The zero-order valence-corrected chi connectivity index (χ0v) is 9.01. The molecule has 0 unspecified atom stereocenters. The molecule has 0 aliphatic rings. The maximum Gasteiger partial charge on any atom is 0.146 e. The van der Waals surface area contributed by atoms with E-state index in [9.17, 15) is 0 Å². The summed E-state index contributed by atoms with van der Waals surface area (Å²) in [5, 5.41) is 17.9. The molecule has 0 spiro atoms. The number of aliphatic hydroxyl groups is 1. The van der Waals surface area contributed by atoms with Crippen LogP contribution in [0.1, 0.15) is 19.4 Å². The molecule has 1 aromatic heterocycles. The highest BCUT2D eigenvalue weighted by Gasteiger charge is 2.14. The van der Waals surface area contributed by atoms with Gasteiger partial charge in [0.2, 0.25) is 0 Å². The summed E-state index contributed by atoms with van der Waals surface area (Å²) in [5.41, 5.74) is 0.541. The molecule has 0 bridgehead atoms. The first-order valence-electron chi connectivity index (χ1n) is 4.93. The minimum Gasteiger partial charge on any atom is -0.395 e. The van der Waals surface area contributed by atoms with E-state index in [1.807, 2.05) is 18.7 Å². The second-order valence-corrected chi connectivity index (χ2v) is 3.50. The Morgan fingerprint density at radius 1 is 1.60 bits per heavy atom. The standard InChI is InChI=1S/C11H15N3O/c1-9(2)14(6-7-15)11-10(8-12)4-3-5-13-11/h3-5,9,15H,6-7H2,1-2H3. The minimum absolute atomic E-state index is 0.0552. The molecule has 0 amide bonds. The zero-order chi connectivity index (χ0) is 11.3. The fourth-order valence-electron chi connectivity index (χ4n) is 1.43. The molecule has 0 atom stereocenters. The molecular formula is C11H15N3O. The predicted octanol–water partition coefficient (Wildman–Crippen LogP) is 1.16. The lowest BCUT2D eigenvalue weighted by Gasteiger charge is -2.27. The van der Waals surface area contributed by atoms with Gasteiger partial charge in [0.15, 0.2) is 0 Å². The topological polar surface area (TPSA) is 60.1 Å². The lowest BCUT2D eigenvalue weighted by molar-refractivity contribution is 0.298. The number of aliphatic hydroxyl groups excluding tert-OH is 1. The molecule has 15 heavy (non-hydrogen) atoms. The van der Waals surface area contributed by atoms with Gasteiger partial charge in [-0.3, -0.25) is 0 Å². The Kier molecular flexibility index (Phi) is 4.07. The Labute approximate surface area is 89.8 Å². The molecule has 0 fully saturated rings. The predicted molar refractivity (Wildman–Crippen MR) is 58.5 cm³/mol. The maximum absolute atomic E-state index is 8.96. The highest BCUT2D eigenvalue weighted by molar-refractivity contribution is 5.53. The van der Waals surface area contributed by atoms with Crippen LogP contribution < -0.4 is 4.90 Å². The summed E-state index contributed by atoms with van der Waals surface area (Å²) in [6.07, 6.45) is 1.66. The highest BCUT2D eigenvalue weighted by Crippen LogP contribution is 2.17. The minimum atomic E-state index is 0.0552. The van der Waals surface area contributed by atoms with E-state index in [0.29, 0.717) is 17.9 Å². The van der Waals surface area contributed by atoms with E-state index in [4.69, 9.17) is 10.4 Å². The molecule has 80 valence electrons.